The maximum Gasteiger partial charge on any atom is 0.249 e. The molecule has 2 saturated heterocycles. The summed E-state index contributed by atoms with van der Waals surface area (Å²) in [6.45, 7) is 5.63. The summed E-state index contributed by atoms with van der Waals surface area (Å²) in [7, 11) is 0. The van der Waals surface area contributed by atoms with Crippen LogP contribution in [0.1, 0.15) is 32.6 Å². The van der Waals surface area contributed by atoms with Crippen molar-refractivity contribution >= 4 is 23.6 Å². The Morgan fingerprint density at radius 2 is 2.29 bits per heavy atom. The van der Waals surface area contributed by atoms with Gasteiger partial charge in [0.05, 0.1) is 6.04 Å². The van der Waals surface area contributed by atoms with Crippen molar-refractivity contribution in [1.82, 2.24) is 30.8 Å². The maximum absolute atomic E-state index is 12.4. The molecule has 0 aliphatic carbocycles. The van der Waals surface area contributed by atoms with Crippen LogP contribution in [0.4, 0.5) is 0 Å². The van der Waals surface area contributed by atoms with Crippen LogP contribution >= 0.6 is 11.8 Å². The highest BCUT2D eigenvalue weighted by atomic mass is 32.2. The van der Waals surface area contributed by atoms with Crippen molar-refractivity contribution in [1.29, 1.82) is 0 Å². The zero-order valence-corrected chi connectivity index (χ0v) is 12.7. The third-order valence-electron chi connectivity index (χ3n) is 3.76. The molecule has 10 heteroatoms. The second-order valence-electron chi connectivity index (χ2n) is 5.80. The van der Waals surface area contributed by atoms with E-state index in [1.165, 1.54) is 0 Å². The van der Waals surface area contributed by atoms with Crippen LogP contribution in [0, 0.1) is 0 Å². The first-order valence-corrected chi connectivity index (χ1v) is 7.50. The van der Waals surface area contributed by atoms with Gasteiger partial charge in [0.1, 0.15) is 17.5 Å². The number of thioether (sulfide) groups is 1. The predicted octanol–water partition coefficient (Wildman–Crippen LogP) is -1.23. The predicted molar refractivity (Wildman–Crippen MR) is 74.8 cm³/mol. The Balaban J connectivity index is 1.82. The molecule has 114 valence electrons. The first-order chi connectivity index (χ1) is 9.83. The lowest BCUT2D eigenvalue weighted by molar-refractivity contribution is -0.151. The number of hydrogen-bond acceptors (Lipinski definition) is 7. The van der Waals surface area contributed by atoms with Gasteiger partial charge in [-0.2, -0.15) is 5.21 Å². The number of carbonyl (C=O) groups excluding carboxylic acids is 2. The Morgan fingerprint density at radius 1 is 1.57 bits per heavy atom. The molecule has 1 aromatic rings. The number of carbonyl (C=O) groups is 2. The quantitative estimate of drug-likeness (QED) is 0.596. The van der Waals surface area contributed by atoms with E-state index in [0.29, 0.717) is 5.82 Å². The summed E-state index contributed by atoms with van der Waals surface area (Å²) in [4.78, 5) is 25.8. The van der Waals surface area contributed by atoms with Gasteiger partial charge in [-0.05, 0) is 20.8 Å². The third-order valence-corrected chi connectivity index (χ3v) is 5.33. The molecule has 9 nitrogen and oxygen atoms in total. The van der Waals surface area contributed by atoms with Gasteiger partial charge in [0, 0.05) is 4.75 Å². The molecule has 0 bridgehead atoms. The second kappa shape index (κ2) is 4.67. The van der Waals surface area contributed by atoms with Crippen molar-refractivity contribution in [2.45, 2.75) is 49.0 Å². The SMILES string of the molecule is C[C@@H](N)C(=O)NC1C(=O)N2C(c3nn[nH]n3)C(C)(C)S[C@H]12. The van der Waals surface area contributed by atoms with Gasteiger partial charge in [0.15, 0.2) is 5.82 Å². The number of rotatable bonds is 3. The fraction of sp³-hybridized carbons (Fsp3) is 0.727. The molecule has 4 atom stereocenters. The minimum atomic E-state index is -0.640. The highest BCUT2D eigenvalue weighted by Gasteiger charge is 2.63. The van der Waals surface area contributed by atoms with Crippen LogP contribution < -0.4 is 11.1 Å². The topological polar surface area (TPSA) is 130 Å². The van der Waals surface area contributed by atoms with Crippen molar-refractivity contribution in [3.8, 4) is 0 Å². The molecule has 2 unspecified atom stereocenters. The molecule has 21 heavy (non-hydrogen) atoms. The van der Waals surface area contributed by atoms with Gasteiger partial charge in [-0.15, -0.1) is 22.0 Å². The Bertz CT molecular complexity index is 573. The number of aromatic amines is 1. The van der Waals surface area contributed by atoms with Crippen molar-refractivity contribution in [3.63, 3.8) is 0 Å². The van der Waals surface area contributed by atoms with Crippen molar-refractivity contribution in [3.05, 3.63) is 5.82 Å². The molecule has 0 aromatic carbocycles. The van der Waals surface area contributed by atoms with E-state index >= 15 is 0 Å². The Hall–Kier alpha value is -1.68. The second-order valence-corrected chi connectivity index (χ2v) is 7.58. The summed E-state index contributed by atoms with van der Waals surface area (Å²) < 4.78 is -0.266. The highest BCUT2D eigenvalue weighted by Crippen LogP contribution is 2.56. The molecule has 3 heterocycles. The van der Waals surface area contributed by atoms with Gasteiger partial charge in [-0.25, -0.2) is 0 Å². The van der Waals surface area contributed by atoms with E-state index in [4.69, 9.17) is 5.73 Å². The van der Waals surface area contributed by atoms with E-state index in [1.54, 1.807) is 23.6 Å². The number of H-pyrrole nitrogens is 1. The van der Waals surface area contributed by atoms with Crippen molar-refractivity contribution in [2.75, 3.05) is 0 Å². The normalized spacial score (nSPS) is 31.5. The molecule has 2 fully saturated rings. The Labute approximate surface area is 125 Å². The number of amides is 2. The van der Waals surface area contributed by atoms with Gasteiger partial charge in [0.25, 0.3) is 0 Å². The Morgan fingerprint density at radius 3 is 2.86 bits per heavy atom. The zero-order valence-electron chi connectivity index (χ0n) is 11.9. The standard InChI is InChI=1S/C11H17N7O2S/c1-4(12)8(19)13-5-9(20)18-6(7-14-16-17-15-7)11(2,3)21-10(5)18/h4-6,10H,12H2,1-3H3,(H,13,19)(H,14,15,16,17)/t4-,5?,6?,10-/m1/s1. The summed E-state index contributed by atoms with van der Waals surface area (Å²) in [5.41, 5.74) is 5.53. The molecule has 4 N–H and O–H groups in total. The molecule has 1 aromatic heterocycles. The van der Waals surface area contributed by atoms with E-state index in [2.05, 4.69) is 25.9 Å². The molecular formula is C11H17N7O2S. The van der Waals surface area contributed by atoms with Gasteiger partial charge in [-0.3, -0.25) is 9.59 Å². The average molecular weight is 311 g/mol. The van der Waals surface area contributed by atoms with Gasteiger partial charge < -0.3 is 16.0 Å². The van der Waals surface area contributed by atoms with E-state index in [-0.39, 0.29) is 28.0 Å². The largest absolute Gasteiger partial charge is 0.340 e. The Kier molecular flexibility index (Phi) is 3.17. The van der Waals surface area contributed by atoms with Crippen LogP contribution in [-0.2, 0) is 9.59 Å². The summed E-state index contributed by atoms with van der Waals surface area (Å²) in [5.74, 6) is 0.0246. The number of hydrogen-bond donors (Lipinski definition) is 3. The highest BCUT2D eigenvalue weighted by molar-refractivity contribution is 8.01. The van der Waals surface area contributed by atoms with Gasteiger partial charge in [0.2, 0.25) is 11.8 Å². The lowest BCUT2D eigenvalue weighted by Crippen LogP contribution is -2.68. The van der Waals surface area contributed by atoms with Crippen molar-refractivity contribution in [2.24, 2.45) is 5.73 Å². The van der Waals surface area contributed by atoms with Crippen LogP contribution in [0.5, 0.6) is 0 Å². The number of aromatic nitrogens is 4. The molecule has 3 rings (SSSR count). The van der Waals surface area contributed by atoms with Crippen LogP contribution in [0.3, 0.4) is 0 Å². The van der Waals surface area contributed by atoms with E-state index < -0.39 is 12.1 Å². The van der Waals surface area contributed by atoms with Crippen molar-refractivity contribution < 1.29 is 9.59 Å². The van der Waals surface area contributed by atoms with Gasteiger partial charge >= 0.3 is 0 Å². The number of tetrazole rings is 1. The molecule has 0 spiro atoms. The van der Waals surface area contributed by atoms with Crippen LogP contribution in [0.2, 0.25) is 0 Å². The lowest BCUT2D eigenvalue weighted by atomic mass is 9.95. The fourth-order valence-corrected chi connectivity index (χ4v) is 4.36. The third kappa shape index (κ3) is 2.09. The fourth-order valence-electron chi connectivity index (χ4n) is 2.73. The summed E-state index contributed by atoms with van der Waals surface area (Å²) >= 11 is 1.62. The lowest BCUT2D eigenvalue weighted by Gasteiger charge is -2.44. The molecule has 2 aliphatic rings. The van der Waals surface area contributed by atoms with Crippen LogP contribution in [0.15, 0.2) is 0 Å². The zero-order chi connectivity index (χ0) is 15.4. The first kappa shape index (κ1) is 14.3. The molecule has 0 saturated carbocycles. The number of fused-ring (bicyclic) bond motifs is 1. The first-order valence-electron chi connectivity index (χ1n) is 6.62. The minimum Gasteiger partial charge on any atom is -0.340 e. The molecule has 2 aliphatic heterocycles. The van der Waals surface area contributed by atoms with E-state index in [9.17, 15) is 9.59 Å². The minimum absolute atomic E-state index is 0.126. The number of nitrogens with two attached hydrogens (primary N) is 1. The molecular weight excluding hydrogens is 294 g/mol. The van der Waals surface area contributed by atoms with Gasteiger partial charge in [-0.1, -0.05) is 5.21 Å². The molecule has 0 radical (unpaired) electrons. The van der Waals surface area contributed by atoms with Crippen LogP contribution in [0.25, 0.3) is 0 Å². The number of β-lactam (4-membered cyclic amide) rings is 1. The molecule has 2 amide bonds. The number of nitrogens with zero attached hydrogens (tertiary/aromatic N) is 4. The number of nitrogens with one attached hydrogen (secondary N) is 2. The maximum atomic E-state index is 12.4. The monoisotopic (exact) mass is 311 g/mol. The summed E-state index contributed by atoms with van der Waals surface area (Å²) in [6, 6.07) is -1.44. The van der Waals surface area contributed by atoms with Crippen LogP contribution in [-0.4, -0.2) is 59.5 Å². The van der Waals surface area contributed by atoms with E-state index in [1.807, 2.05) is 13.8 Å². The smallest absolute Gasteiger partial charge is 0.249 e. The summed E-state index contributed by atoms with van der Waals surface area (Å²) in [6.07, 6.45) is 0. The average Bonchev–Trinajstić information content (AvgIpc) is 2.99. The van der Waals surface area contributed by atoms with E-state index in [0.717, 1.165) is 0 Å². The summed E-state index contributed by atoms with van der Waals surface area (Å²) in [5, 5.41) is 16.5.